The predicted octanol–water partition coefficient (Wildman–Crippen LogP) is 3.78. The van der Waals surface area contributed by atoms with Gasteiger partial charge in [-0.15, -0.1) is 0 Å². The molecule has 0 bridgehead atoms. The minimum absolute atomic E-state index is 0.706. The van der Waals surface area contributed by atoms with Gasteiger partial charge >= 0.3 is 0 Å². The van der Waals surface area contributed by atoms with Gasteiger partial charge in [0.2, 0.25) is 0 Å². The SMILES string of the molecule is C1=NCCCCN(Cc2ccccc2)CCOc2ccccc21. The number of nitrogens with zero attached hydrogens (tertiary/aromatic N) is 2. The van der Waals surface area contributed by atoms with Crippen molar-refractivity contribution in [1.82, 2.24) is 4.90 Å². The lowest BCUT2D eigenvalue weighted by Gasteiger charge is -2.23. The van der Waals surface area contributed by atoms with Crippen LogP contribution in [-0.2, 0) is 6.54 Å². The quantitative estimate of drug-likeness (QED) is 0.843. The molecule has 0 fully saturated rings. The first kappa shape index (κ1) is 15.8. The van der Waals surface area contributed by atoms with Gasteiger partial charge in [-0.3, -0.25) is 9.89 Å². The van der Waals surface area contributed by atoms with E-state index in [1.54, 1.807) is 0 Å². The molecule has 0 unspecified atom stereocenters. The highest BCUT2D eigenvalue weighted by atomic mass is 16.5. The Morgan fingerprint density at radius 2 is 1.74 bits per heavy atom. The molecule has 0 radical (unpaired) electrons. The van der Waals surface area contributed by atoms with Crippen LogP contribution in [0.1, 0.15) is 24.0 Å². The molecule has 0 atom stereocenters. The summed E-state index contributed by atoms with van der Waals surface area (Å²) in [5.41, 5.74) is 2.43. The smallest absolute Gasteiger partial charge is 0.128 e. The second kappa shape index (κ2) is 8.49. The Kier molecular flexibility index (Phi) is 5.81. The first-order valence-electron chi connectivity index (χ1n) is 8.40. The number of fused-ring (bicyclic) bond motifs is 1. The van der Waals surface area contributed by atoms with Crippen LogP contribution in [-0.4, -0.2) is 37.4 Å². The molecule has 3 heteroatoms. The van der Waals surface area contributed by atoms with Crippen molar-refractivity contribution in [3.8, 4) is 5.75 Å². The Hall–Kier alpha value is -2.13. The molecule has 3 nitrogen and oxygen atoms in total. The van der Waals surface area contributed by atoms with Crippen molar-refractivity contribution in [1.29, 1.82) is 0 Å². The predicted molar refractivity (Wildman–Crippen MR) is 95.4 cm³/mol. The monoisotopic (exact) mass is 308 g/mol. The molecule has 1 aliphatic heterocycles. The van der Waals surface area contributed by atoms with Crippen LogP contribution in [0, 0.1) is 0 Å². The van der Waals surface area contributed by atoms with E-state index in [0.717, 1.165) is 43.9 Å². The minimum Gasteiger partial charge on any atom is -0.492 e. The molecule has 23 heavy (non-hydrogen) atoms. The van der Waals surface area contributed by atoms with Crippen molar-refractivity contribution < 1.29 is 4.74 Å². The first-order chi connectivity index (χ1) is 11.4. The first-order valence-corrected chi connectivity index (χ1v) is 8.40. The fourth-order valence-corrected chi connectivity index (χ4v) is 2.82. The largest absolute Gasteiger partial charge is 0.492 e. The van der Waals surface area contributed by atoms with Crippen molar-refractivity contribution in [2.45, 2.75) is 19.4 Å². The molecule has 0 aromatic heterocycles. The lowest BCUT2D eigenvalue weighted by molar-refractivity contribution is 0.200. The van der Waals surface area contributed by atoms with Gasteiger partial charge in [-0.2, -0.15) is 0 Å². The van der Waals surface area contributed by atoms with Crippen LogP contribution in [0.25, 0.3) is 0 Å². The third kappa shape index (κ3) is 4.93. The molecule has 2 aromatic carbocycles. The summed E-state index contributed by atoms with van der Waals surface area (Å²) in [6, 6.07) is 18.8. The van der Waals surface area contributed by atoms with E-state index in [0.29, 0.717) is 6.61 Å². The van der Waals surface area contributed by atoms with Gasteiger partial charge in [0.15, 0.2) is 0 Å². The van der Waals surface area contributed by atoms with E-state index in [2.05, 4.69) is 46.3 Å². The summed E-state index contributed by atoms with van der Waals surface area (Å²) in [7, 11) is 0. The Bertz CT molecular complexity index is 625. The second-order valence-electron chi connectivity index (χ2n) is 5.89. The fraction of sp³-hybridized carbons (Fsp3) is 0.350. The van der Waals surface area contributed by atoms with E-state index < -0.39 is 0 Å². The molecule has 0 saturated carbocycles. The van der Waals surface area contributed by atoms with Crippen molar-refractivity contribution in [3.05, 3.63) is 65.7 Å². The highest BCUT2D eigenvalue weighted by Crippen LogP contribution is 2.16. The van der Waals surface area contributed by atoms with Crippen molar-refractivity contribution in [2.24, 2.45) is 4.99 Å². The van der Waals surface area contributed by atoms with Gasteiger partial charge in [0.05, 0.1) is 0 Å². The molecule has 3 rings (SSSR count). The van der Waals surface area contributed by atoms with Crippen LogP contribution in [0.4, 0.5) is 0 Å². The van der Waals surface area contributed by atoms with E-state index in [1.807, 2.05) is 24.4 Å². The standard InChI is InChI=1S/C20H24N2O/c1-2-8-18(9-3-1)17-22-13-7-6-12-21-16-19-10-4-5-11-20(19)23-15-14-22/h1-5,8-11,16H,6-7,12-15,17H2. The van der Waals surface area contributed by atoms with Crippen LogP contribution >= 0.6 is 0 Å². The minimum atomic E-state index is 0.706. The van der Waals surface area contributed by atoms with E-state index in [-0.39, 0.29) is 0 Å². The zero-order valence-electron chi connectivity index (χ0n) is 13.5. The average Bonchev–Trinajstić information content (AvgIpc) is 2.58. The van der Waals surface area contributed by atoms with Crippen LogP contribution in [0.2, 0.25) is 0 Å². The number of rotatable bonds is 2. The maximum Gasteiger partial charge on any atom is 0.128 e. The molecule has 0 aliphatic carbocycles. The van der Waals surface area contributed by atoms with Gasteiger partial charge in [0.25, 0.3) is 0 Å². The van der Waals surface area contributed by atoms with Crippen LogP contribution in [0.5, 0.6) is 5.75 Å². The molecule has 1 aliphatic rings. The number of aliphatic imine (C=N–C) groups is 1. The summed E-state index contributed by atoms with van der Waals surface area (Å²) in [5.74, 6) is 0.927. The summed E-state index contributed by atoms with van der Waals surface area (Å²) in [6.45, 7) is 4.61. The zero-order chi connectivity index (χ0) is 15.7. The maximum atomic E-state index is 6.00. The highest BCUT2D eigenvalue weighted by Gasteiger charge is 2.08. The van der Waals surface area contributed by atoms with Crippen LogP contribution in [0.3, 0.4) is 0 Å². The fourth-order valence-electron chi connectivity index (χ4n) is 2.82. The summed E-state index contributed by atoms with van der Waals surface area (Å²) in [5, 5.41) is 0. The van der Waals surface area contributed by atoms with Gasteiger partial charge < -0.3 is 4.74 Å². The summed E-state index contributed by atoms with van der Waals surface area (Å²) in [4.78, 5) is 7.01. The number of hydrogen-bond acceptors (Lipinski definition) is 3. The molecule has 0 N–H and O–H groups in total. The van der Waals surface area contributed by atoms with Crippen molar-refractivity contribution in [3.63, 3.8) is 0 Å². The molecule has 120 valence electrons. The number of benzene rings is 2. The summed E-state index contributed by atoms with van der Waals surface area (Å²) >= 11 is 0. The van der Waals surface area contributed by atoms with Gasteiger partial charge in [0.1, 0.15) is 12.4 Å². The maximum absolute atomic E-state index is 6.00. The molecular formula is C20H24N2O. The Labute approximate surface area is 138 Å². The Balaban J connectivity index is 1.66. The van der Waals surface area contributed by atoms with Gasteiger partial charge in [-0.25, -0.2) is 0 Å². The van der Waals surface area contributed by atoms with Crippen LogP contribution in [0.15, 0.2) is 59.6 Å². The van der Waals surface area contributed by atoms with E-state index in [9.17, 15) is 0 Å². The third-order valence-corrected chi connectivity index (χ3v) is 4.08. The van der Waals surface area contributed by atoms with Crippen LogP contribution < -0.4 is 4.74 Å². The summed E-state index contributed by atoms with van der Waals surface area (Å²) < 4.78 is 6.00. The average molecular weight is 308 g/mol. The lowest BCUT2D eigenvalue weighted by atomic mass is 10.2. The number of hydrogen-bond donors (Lipinski definition) is 0. The normalized spacial score (nSPS) is 16.7. The van der Waals surface area contributed by atoms with E-state index in [4.69, 9.17) is 4.74 Å². The third-order valence-electron chi connectivity index (χ3n) is 4.08. The number of ether oxygens (including phenoxy) is 1. The van der Waals surface area contributed by atoms with Crippen molar-refractivity contribution in [2.75, 3.05) is 26.2 Å². The molecule has 0 saturated heterocycles. The molecule has 0 spiro atoms. The molecule has 1 heterocycles. The van der Waals surface area contributed by atoms with E-state index in [1.165, 1.54) is 12.0 Å². The highest BCUT2D eigenvalue weighted by molar-refractivity contribution is 5.83. The van der Waals surface area contributed by atoms with E-state index >= 15 is 0 Å². The second-order valence-corrected chi connectivity index (χ2v) is 5.89. The molecule has 2 aromatic rings. The molecular weight excluding hydrogens is 284 g/mol. The van der Waals surface area contributed by atoms with Gasteiger partial charge in [-0.05, 0) is 37.1 Å². The number of para-hydroxylation sites is 1. The van der Waals surface area contributed by atoms with Crippen molar-refractivity contribution >= 4 is 6.21 Å². The Morgan fingerprint density at radius 3 is 2.65 bits per heavy atom. The van der Waals surface area contributed by atoms with Gasteiger partial charge in [0, 0.05) is 31.4 Å². The topological polar surface area (TPSA) is 24.8 Å². The Morgan fingerprint density at radius 1 is 0.913 bits per heavy atom. The molecule has 0 amide bonds. The zero-order valence-corrected chi connectivity index (χ0v) is 13.5. The lowest BCUT2D eigenvalue weighted by Crippen LogP contribution is -2.29. The summed E-state index contributed by atoms with van der Waals surface area (Å²) in [6.07, 6.45) is 4.25. The van der Waals surface area contributed by atoms with Gasteiger partial charge in [-0.1, -0.05) is 42.5 Å².